The molecule has 0 aromatic rings. The van der Waals surface area contributed by atoms with Gasteiger partial charge in [-0.3, -0.25) is 9.59 Å². The van der Waals surface area contributed by atoms with E-state index in [2.05, 4.69) is 5.32 Å². The van der Waals surface area contributed by atoms with E-state index in [-0.39, 0.29) is 23.7 Å². The number of carbonyl (C=O) groups excluding carboxylic acids is 2. The fourth-order valence-corrected chi connectivity index (χ4v) is 2.30. The van der Waals surface area contributed by atoms with Gasteiger partial charge in [0.25, 0.3) is 0 Å². The number of hydrogen-bond donors (Lipinski definition) is 2. The number of nitrogens with one attached hydrogen (secondary N) is 1. The summed E-state index contributed by atoms with van der Waals surface area (Å²) >= 11 is 0. The van der Waals surface area contributed by atoms with Crippen LogP contribution in [0.5, 0.6) is 0 Å². The third-order valence-electron chi connectivity index (χ3n) is 3.89. The minimum atomic E-state index is -0.446. The van der Waals surface area contributed by atoms with Gasteiger partial charge in [-0.2, -0.15) is 0 Å². The third-order valence-corrected chi connectivity index (χ3v) is 3.89. The summed E-state index contributed by atoms with van der Waals surface area (Å²) in [6.45, 7) is 5.24. The Hall–Kier alpha value is -1.10. The third kappa shape index (κ3) is 3.45. The van der Waals surface area contributed by atoms with E-state index in [1.807, 2.05) is 13.8 Å². The lowest BCUT2D eigenvalue weighted by atomic mass is 9.94. The van der Waals surface area contributed by atoms with E-state index < -0.39 is 6.04 Å². The molecule has 3 N–H and O–H groups in total. The van der Waals surface area contributed by atoms with Crippen molar-refractivity contribution in [3.8, 4) is 0 Å². The van der Waals surface area contributed by atoms with Gasteiger partial charge in [0.2, 0.25) is 11.8 Å². The van der Waals surface area contributed by atoms with Crippen LogP contribution in [0.1, 0.15) is 33.1 Å². The van der Waals surface area contributed by atoms with Gasteiger partial charge in [0, 0.05) is 20.1 Å². The average molecular weight is 255 g/mol. The maximum absolute atomic E-state index is 12.2. The second kappa shape index (κ2) is 6.73. The Bertz CT molecular complexity index is 307. The Kier molecular flexibility index (Phi) is 5.59. The summed E-state index contributed by atoms with van der Waals surface area (Å²) in [4.78, 5) is 25.6. The first-order valence-corrected chi connectivity index (χ1v) is 6.77. The SMILES string of the molecule is CCC(C)[C@H](N)C(=O)N1CCCC(C(=O)NC)C1. The summed E-state index contributed by atoms with van der Waals surface area (Å²) < 4.78 is 0. The molecule has 0 radical (unpaired) electrons. The average Bonchev–Trinajstić information content (AvgIpc) is 2.43. The molecule has 1 fully saturated rings. The van der Waals surface area contributed by atoms with Crippen LogP contribution in [0.2, 0.25) is 0 Å². The van der Waals surface area contributed by atoms with Crippen molar-refractivity contribution in [3.05, 3.63) is 0 Å². The van der Waals surface area contributed by atoms with E-state index in [0.29, 0.717) is 6.54 Å². The normalized spacial score (nSPS) is 23.3. The zero-order chi connectivity index (χ0) is 13.7. The first-order valence-electron chi connectivity index (χ1n) is 6.77. The topological polar surface area (TPSA) is 75.4 Å². The van der Waals surface area contributed by atoms with Crippen LogP contribution in [0.25, 0.3) is 0 Å². The molecule has 1 aliphatic heterocycles. The minimum absolute atomic E-state index is 0.0158. The van der Waals surface area contributed by atoms with Crippen LogP contribution < -0.4 is 11.1 Å². The van der Waals surface area contributed by atoms with Gasteiger partial charge in [-0.05, 0) is 18.8 Å². The first kappa shape index (κ1) is 15.0. The zero-order valence-corrected chi connectivity index (χ0v) is 11.6. The van der Waals surface area contributed by atoms with Crippen molar-refractivity contribution in [1.82, 2.24) is 10.2 Å². The van der Waals surface area contributed by atoms with E-state index in [4.69, 9.17) is 5.73 Å². The van der Waals surface area contributed by atoms with Gasteiger partial charge in [0.1, 0.15) is 0 Å². The van der Waals surface area contributed by atoms with E-state index >= 15 is 0 Å². The molecule has 0 aromatic heterocycles. The standard InChI is InChI=1S/C13H25N3O2/c1-4-9(2)11(14)13(18)16-7-5-6-10(8-16)12(17)15-3/h9-11H,4-8,14H2,1-3H3,(H,15,17)/t9?,10?,11-/m0/s1. The smallest absolute Gasteiger partial charge is 0.239 e. The molecule has 0 saturated carbocycles. The highest BCUT2D eigenvalue weighted by Crippen LogP contribution is 2.18. The van der Waals surface area contributed by atoms with Crippen LogP contribution in [0.4, 0.5) is 0 Å². The molecule has 104 valence electrons. The van der Waals surface area contributed by atoms with Gasteiger partial charge in [-0.25, -0.2) is 0 Å². The highest BCUT2D eigenvalue weighted by Gasteiger charge is 2.31. The molecule has 0 spiro atoms. The van der Waals surface area contributed by atoms with Crippen molar-refractivity contribution in [2.24, 2.45) is 17.6 Å². The summed E-state index contributed by atoms with van der Waals surface area (Å²) in [5.74, 6) is 0.0947. The predicted octanol–water partition coefficient (Wildman–Crippen LogP) is 0.344. The van der Waals surface area contributed by atoms with E-state index in [1.54, 1.807) is 11.9 Å². The molecule has 0 aromatic carbocycles. The van der Waals surface area contributed by atoms with Gasteiger partial charge in [-0.1, -0.05) is 20.3 Å². The molecule has 18 heavy (non-hydrogen) atoms. The summed E-state index contributed by atoms with van der Waals surface area (Å²) in [7, 11) is 1.63. The number of carbonyl (C=O) groups is 2. The number of rotatable bonds is 4. The van der Waals surface area contributed by atoms with Crippen molar-refractivity contribution >= 4 is 11.8 Å². The minimum Gasteiger partial charge on any atom is -0.359 e. The number of likely N-dealkylation sites (tertiary alicyclic amines) is 1. The molecule has 2 amide bonds. The zero-order valence-electron chi connectivity index (χ0n) is 11.6. The Balaban J connectivity index is 2.61. The Morgan fingerprint density at radius 3 is 2.72 bits per heavy atom. The maximum Gasteiger partial charge on any atom is 0.239 e. The molecule has 5 heteroatoms. The monoisotopic (exact) mass is 255 g/mol. The summed E-state index contributed by atoms with van der Waals surface area (Å²) in [6, 6.07) is -0.446. The number of amides is 2. The second-order valence-corrected chi connectivity index (χ2v) is 5.15. The summed E-state index contributed by atoms with van der Waals surface area (Å²) in [6.07, 6.45) is 2.61. The molecular formula is C13H25N3O2. The lowest BCUT2D eigenvalue weighted by Gasteiger charge is -2.34. The molecule has 0 bridgehead atoms. The summed E-state index contributed by atoms with van der Waals surface area (Å²) in [5.41, 5.74) is 5.96. The molecule has 0 aliphatic carbocycles. The van der Waals surface area contributed by atoms with Crippen LogP contribution in [0, 0.1) is 11.8 Å². The number of hydrogen-bond acceptors (Lipinski definition) is 3. The lowest BCUT2D eigenvalue weighted by Crippen LogP contribution is -2.52. The van der Waals surface area contributed by atoms with Crippen molar-refractivity contribution in [3.63, 3.8) is 0 Å². The molecule has 1 aliphatic rings. The predicted molar refractivity (Wildman–Crippen MR) is 70.8 cm³/mol. The number of nitrogens with two attached hydrogens (primary N) is 1. The molecular weight excluding hydrogens is 230 g/mol. The fourth-order valence-electron chi connectivity index (χ4n) is 2.30. The van der Waals surface area contributed by atoms with E-state index in [0.717, 1.165) is 25.8 Å². The van der Waals surface area contributed by atoms with Gasteiger partial charge >= 0.3 is 0 Å². The number of piperidine rings is 1. The van der Waals surface area contributed by atoms with E-state index in [1.165, 1.54) is 0 Å². The van der Waals surface area contributed by atoms with Crippen molar-refractivity contribution < 1.29 is 9.59 Å². The van der Waals surface area contributed by atoms with Gasteiger partial charge < -0.3 is 16.0 Å². The fraction of sp³-hybridized carbons (Fsp3) is 0.846. The van der Waals surface area contributed by atoms with Crippen LogP contribution in [0.3, 0.4) is 0 Å². The van der Waals surface area contributed by atoms with Crippen LogP contribution in [-0.4, -0.2) is 42.9 Å². The van der Waals surface area contributed by atoms with Crippen molar-refractivity contribution in [1.29, 1.82) is 0 Å². The quantitative estimate of drug-likeness (QED) is 0.761. The highest BCUT2D eigenvalue weighted by atomic mass is 16.2. The lowest BCUT2D eigenvalue weighted by molar-refractivity contribution is -0.137. The van der Waals surface area contributed by atoms with Crippen LogP contribution >= 0.6 is 0 Å². The molecule has 1 saturated heterocycles. The number of nitrogens with zero attached hydrogens (tertiary/aromatic N) is 1. The Morgan fingerprint density at radius 1 is 1.50 bits per heavy atom. The van der Waals surface area contributed by atoms with E-state index in [9.17, 15) is 9.59 Å². The highest BCUT2D eigenvalue weighted by molar-refractivity contribution is 5.84. The van der Waals surface area contributed by atoms with Gasteiger partial charge in [0.05, 0.1) is 12.0 Å². The van der Waals surface area contributed by atoms with Gasteiger partial charge in [0.15, 0.2) is 0 Å². The first-order chi connectivity index (χ1) is 8.51. The molecule has 3 atom stereocenters. The van der Waals surface area contributed by atoms with Crippen LogP contribution in [-0.2, 0) is 9.59 Å². The van der Waals surface area contributed by atoms with Crippen LogP contribution in [0.15, 0.2) is 0 Å². The molecule has 2 unspecified atom stereocenters. The molecule has 5 nitrogen and oxygen atoms in total. The van der Waals surface area contributed by atoms with Crippen molar-refractivity contribution in [2.75, 3.05) is 20.1 Å². The Morgan fingerprint density at radius 2 is 2.17 bits per heavy atom. The summed E-state index contributed by atoms with van der Waals surface area (Å²) in [5, 5.41) is 2.65. The molecule has 1 rings (SSSR count). The Labute approximate surface area is 109 Å². The largest absolute Gasteiger partial charge is 0.359 e. The second-order valence-electron chi connectivity index (χ2n) is 5.15. The molecule has 1 heterocycles. The van der Waals surface area contributed by atoms with Gasteiger partial charge in [-0.15, -0.1) is 0 Å². The maximum atomic E-state index is 12.2. The van der Waals surface area contributed by atoms with Crippen molar-refractivity contribution in [2.45, 2.75) is 39.2 Å².